The van der Waals surface area contributed by atoms with E-state index < -0.39 is 0 Å². The minimum atomic E-state index is -0.352. The summed E-state index contributed by atoms with van der Waals surface area (Å²) in [5.74, 6) is 0.652. The Morgan fingerprint density at radius 3 is 2.95 bits per heavy atom. The number of carbonyl (C=O) groups is 1. The molecule has 3 N–H and O–H groups in total. The van der Waals surface area contributed by atoms with Crippen molar-refractivity contribution in [3.63, 3.8) is 0 Å². The largest absolute Gasteiger partial charge is 0.372 e. The van der Waals surface area contributed by atoms with Crippen LogP contribution in [-0.4, -0.2) is 38.6 Å². The third-order valence-corrected chi connectivity index (χ3v) is 2.87. The summed E-state index contributed by atoms with van der Waals surface area (Å²) in [5.41, 5.74) is 0.437. The predicted molar refractivity (Wildman–Crippen MR) is 71.5 cm³/mol. The fourth-order valence-corrected chi connectivity index (χ4v) is 1.83. The maximum absolute atomic E-state index is 12.2. The van der Waals surface area contributed by atoms with E-state index in [0.717, 1.165) is 4.47 Å². The third kappa shape index (κ3) is 3.05. The van der Waals surface area contributed by atoms with Gasteiger partial charge in [-0.15, -0.1) is 10.2 Å². The summed E-state index contributed by atoms with van der Waals surface area (Å²) in [6.45, 7) is 1.77. The summed E-state index contributed by atoms with van der Waals surface area (Å²) in [6.07, 6.45) is 1.62. The van der Waals surface area contributed by atoms with Crippen LogP contribution < -0.4 is 10.6 Å². The van der Waals surface area contributed by atoms with E-state index in [9.17, 15) is 4.79 Å². The second-order valence-corrected chi connectivity index (χ2v) is 4.68. The van der Waals surface area contributed by atoms with Gasteiger partial charge in [0.2, 0.25) is 0 Å². The van der Waals surface area contributed by atoms with Crippen LogP contribution >= 0.6 is 15.9 Å². The van der Waals surface area contributed by atoms with E-state index in [1.165, 1.54) is 0 Å². The van der Waals surface area contributed by atoms with Crippen LogP contribution in [0.15, 0.2) is 16.7 Å². The van der Waals surface area contributed by atoms with Crippen molar-refractivity contribution in [2.24, 2.45) is 0 Å². The smallest absolute Gasteiger partial charge is 0.255 e. The SMILES string of the molecule is CNc1ncc(Br)cc1C(=O)NC(C)c1nn[nH]n1. The Morgan fingerprint density at radius 2 is 2.32 bits per heavy atom. The second kappa shape index (κ2) is 5.74. The Labute approximate surface area is 117 Å². The van der Waals surface area contributed by atoms with E-state index in [2.05, 4.69) is 52.2 Å². The lowest BCUT2D eigenvalue weighted by molar-refractivity contribution is 0.0938. The monoisotopic (exact) mass is 325 g/mol. The minimum absolute atomic E-state index is 0.268. The molecule has 0 saturated carbocycles. The molecule has 0 fully saturated rings. The van der Waals surface area contributed by atoms with Crippen molar-refractivity contribution in [2.45, 2.75) is 13.0 Å². The van der Waals surface area contributed by atoms with E-state index in [0.29, 0.717) is 17.2 Å². The molecular weight excluding hydrogens is 314 g/mol. The fourth-order valence-electron chi connectivity index (χ4n) is 1.50. The van der Waals surface area contributed by atoms with Gasteiger partial charge < -0.3 is 10.6 Å². The number of rotatable bonds is 4. The lowest BCUT2D eigenvalue weighted by Gasteiger charge is -2.12. The first-order chi connectivity index (χ1) is 9.11. The predicted octanol–water partition coefficient (Wildman–Crippen LogP) is 0.890. The van der Waals surface area contributed by atoms with Gasteiger partial charge >= 0.3 is 0 Å². The van der Waals surface area contributed by atoms with Crippen LogP contribution in [0.25, 0.3) is 0 Å². The molecule has 0 radical (unpaired) electrons. The van der Waals surface area contributed by atoms with Gasteiger partial charge in [-0.3, -0.25) is 4.79 Å². The molecule has 2 aromatic heterocycles. The van der Waals surface area contributed by atoms with Crippen LogP contribution in [0.3, 0.4) is 0 Å². The molecule has 0 aromatic carbocycles. The molecule has 9 heteroatoms. The molecule has 0 spiro atoms. The molecule has 0 aliphatic heterocycles. The fraction of sp³-hybridized carbons (Fsp3) is 0.300. The maximum Gasteiger partial charge on any atom is 0.255 e. The molecule has 8 nitrogen and oxygen atoms in total. The molecule has 100 valence electrons. The van der Waals surface area contributed by atoms with Gasteiger partial charge in [-0.25, -0.2) is 4.98 Å². The lowest BCUT2D eigenvalue weighted by atomic mass is 10.2. The molecule has 2 aromatic rings. The number of nitrogens with zero attached hydrogens (tertiary/aromatic N) is 4. The number of carbonyl (C=O) groups excluding carboxylic acids is 1. The van der Waals surface area contributed by atoms with Crippen molar-refractivity contribution in [1.29, 1.82) is 0 Å². The van der Waals surface area contributed by atoms with Crippen LogP contribution in [0.1, 0.15) is 29.1 Å². The maximum atomic E-state index is 12.2. The van der Waals surface area contributed by atoms with E-state index in [4.69, 9.17) is 0 Å². The van der Waals surface area contributed by atoms with Crippen molar-refractivity contribution >= 4 is 27.7 Å². The first-order valence-corrected chi connectivity index (χ1v) is 6.28. The third-order valence-electron chi connectivity index (χ3n) is 2.43. The normalized spacial score (nSPS) is 11.9. The average molecular weight is 326 g/mol. The van der Waals surface area contributed by atoms with Gasteiger partial charge in [0.05, 0.1) is 11.6 Å². The number of tetrazole rings is 1. The first-order valence-electron chi connectivity index (χ1n) is 5.49. The molecule has 2 heterocycles. The van der Waals surface area contributed by atoms with E-state index in [1.807, 2.05) is 0 Å². The number of pyridine rings is 1. The number of aromatic nitrogens is 5. The van der Waals surface area contributed by atoms with Crippen molar-refractivity contribution in [3.05, 3.63) is 28.1 Å². The zero-order chi connectivity index (χ0) is 13.8. The zero-order valence-electron chi connectivity index (χ0n) is 10.3. The Balaban J connectivity index is 2.18. The molecule has 1 unspecified atom stereocenters. The van der Waals surface area contributed by atoms with Gasteiger partial charge in [0, 0.05) is 17.7 Å². The second-order valence-electron chi connectivity index (χ2n) is 3.76. The number of anilines is 1. The van der Waals surface area contributed by atoms with Gasteiger partial charge in [-0.05, 0) is 28.9 Å². The summed E-state index contributed by atoms with van der Waals surface area (Å²) >= 11 is 3.29. The van der Waals surface area contributed by atoms with Gasteiger partial charge in [0.15, 0.2) is 5.82 Å². The van der Waals surface area contributed by atoms with Crippen molar-refractivity contribution in [3.8, 4) is 0 Å². The summed E-state index contributed by atoms with van der Waals surface area (Å²) < 4.78 is 0.726. The van der Waals surface area contributed by atoms with Gasteiger partial charge in [-0.1, -0.05) is 5.21 Å². The number of nitrogens with one attached hydrogen (secondary N) is 3. The van der Waals surface area contributed by atoms with Crippen LogP contribution in [0.2, 0.25) is 0 Å². The van der Waals surface area contributed by atoms with Crippen molar-refractivity contribution in [1.82, 2.24) is 30.9 Å². The number of aromatic amines is 1. The Morgan fingerprint density at radius 1 is 1.53 bits per heavy atom. The van der Waals surface area contributed by atoms with Crippen molar-refractivity contribution < 1.29 is 4.79 Å². The van der Waals surface area contributed by atoms with Crippen molar-refractivity contribution in [2.75, 3.05) is 12.4 Å². The molecule has 19 heavy (non-hydrogen) atoms. The van der Waals surface area contributed by atoms with Gasteiger partial charge in [-0.2, -0.15) is 5.21 Å². The van der Waals surface area contributed by atoms with E-state index >= 15 is 0 Å². The number of halogens is 1. The Bertz CT molecular complexity index is 571. The molecule has 0 bridgehead atoms. The van der Waals surface area contributed by atoms with Crippen LogP contribution in [0.5, 0.6) is 0 Å². The molecule has 0 saturated heterocycles. The van der Waals surface area contributed by atoms with Gasteiger partial charge in [0.25, 0.3) is 5.91 Å². The first kappa shape index (κ1) is 13.4. The molecule has 1 atom stereocenters. The van der Waals surface area contributed by atoms with Crippen LogP contribution in [0.4, 0.5) is 5.82 Å². The van der Waals surface area contributed by atoms with E-state index in [1.54, 1.807) is 26.2 Å². The molecule has 1 amide bonds. The Hall–Kier alpha value is -2.03. The lowest BCUT2D eigenvalue weighted by Crippen LogP contribution is -2.28. The van der Waals surface area contributed by atoms with Gasteiger partial charge in [0.1, 0.15) is 5.82 Å². The quantitative estimate of drug-likeness (QED) is 0.770. The summed E-state index contributed by atoms with van der Waals surface area (Å²) in [6, 6.07) is 1.34. The number of hydrogen-bond acceptors (Lipinski definition) is 6. The zero-order valence-corrected chi connectivity index (χ0v) is 11.9. The highest BCUT2D eigenvalue weighted by Crippen LogP contribution is 2.18. The minimum Gasteiger partial charge on any atom is -0.372 e. The van der Waals surface area contributed by atoms with E-state index in [-0.39, 0.29) is 11.9 Å². The molecule has 2 rings (SSSR count). The van der Waals surface area contributed by atoms with Crippen LogP contribution in [0, 0.1) is 0 Å². The number of H-pyrrole nitrogens is 1. The van der Waals surface area contributed by atoms with Crippen LogP contribution in [-0.2, 0) is 0 Å². The summed E-state index contributed by atoms with van der Waals surface area (Å²) in [4.78, 5) is 16.3. The number of hydrogen-bond donors (Lipinski definition) is 3. The highest BCUT2D eigenvalue weighted by atomic mass is 79.9. The molecule has 0 aliphatic carbocycles. The highest BCUT2D eigenvalue weighted by Gasteiger charge is 2.18. The summed E-state index contributed by atoms with van der Waals surface area (Å²) in [7, 11) is 1.70. The highest BCUT2D eigenvalue weighted by molar-refractivity contribution is 9.10. The topological polar surface area (TPSA) is 108 Å². The summed E-state index contributed by atoms with van der Waals surface area (Å²) in [5, 5.41) is 19.1. The number of amides is 1. The molecular formula is C10H12BrN7O. The average Bonchev–Trinajstić information content (AvgIpc) is 2.92. The Kier molecular flexibility index (Phi) is 4.05. The standard InChI is InChI=1S/C10H12BrN7O/c1-5(8-15-17-18-16-8)14-10(19)7-3-6(11)4-13-9(7)12-2/h3-5H,1-2H3,(H,12,13)(H,14,19)(H,15,16,17,18). The molecule has 0 aliphatic rings.